The zero-order chi connectivity index (χ0) is 17.5. The molecule has 1 N–H and O–H groups in total. The van der Waals surface area contributed by atoms with Gasteiger partial charge in [0.25, 0.3) is 0 Å². The number of ether oxygens (including phenoxy) is 1. The Kier molecular flexibility index (Phi) is 4.93. The molecule has 24 heavy (non-hydrogen) atoms. The zero-order valence-electron chi connectivity index (χ0n) is 15.0. The van der Waals surface area contributed by atoms with Gasteiger partial charge in [0.15, 0.2) is 0 Å². The van der Waals surface area contributed by atoms with Crippen molar-refractivity contribution in [3.63, 3.8) is 0 Å². The predicted octanol–water partition coefficient (Wildman–Crippen LogP) is 1.76. The quantitative estimate of drug-likeness (QED) is 0.764. The summed E-state index contributed by atoms with van der Waals surface area (Å²) < 4.78 is 5.46. The molecule has 3 rings (SSSR count). The second-order valence-corrected chi connectivity index (χ2v) is 14.4. The van der Waals surface area contributed by atoms with Crippen LogP contribution in [0.2, 0.25) is 25.7 Å². The van der Waals surface area contributed by atoms with Crippen molar-refractivity contribution in [1.82, 2.24) is 9.80 Å². The van der Waals surface area contributed by atoms with E-state index in [9.17, 15) is 14.7 Å². The molecule has 6 nitrogen and oxygen atoms in total. The van der Waals surface area contributed by atoms with Gasteiger partial charge in [-0.05, 0) is 25.3 Å². The molecule has 3 atom stereocenters. The molecule has 1 saturated carbocycles. The summed E-state index contributed by atoms with van der Waals surface area (Å²) in [7, 11) is -1.22. The Bertz CT molecular complexity index is 503. The lowest BCUT2D eigenvalue weighted by Crippen LogP contribution is -2.48. The maximum atomic E-state index is 12.6. The fourth-order valence-electron chi connectivity index (χ4n) is 3.90. The first-order valence-electron chi connectivity index (χ1n) is 9.15. The van der Waals surface area contributed by atoms with Crippen LogP contribution in [0.25, 0.3) is 0 Å². The van der Waals surface area contributed by atoms with E-state index in [1.54, 1.807) is 4.90 Å². The van der Waals surface area contributed by atoms with E-state index in [0.717, 1.165) is 25.3 Å². The molecule has 0 spiro atoms. The van der Waals surface area contributed by atoms with Gasteiger partial charge >= 0.3 is 6.09 Å². The third kappa shape index (κ3) is 3.77. The normalized spacial score (nSPS) is 29.8. The van der Waals surface area contributed by atoms with E-state index in [2.05, 4.69) is 19.6 Å². The number of rotatable bonds is 5. The first-order chi connectivity index (χ1) is 11.3. The monoisotopic (exact) mass is 354 g/mol. The molecule has 3 fully saturated rings. The highest BCUT2D eigenvalue weighted by atomic mass is 28.3. The standard InChI is InChI=1S/C17H30N2O4Si/c1-24(2,3)7-6-23-17(22)18-9-13-8-14(10-18)19(15(13)11-20)16(21)12-4-5-12/h12-15,20H,4-11H2,1-3H3/t13-,14+,15-/m0/s1. The minimum atomic E-state index is -1.22. The maximum Gasteiger partial charge on any atom is 0.409 e. The summed E-state index contributed by atoms with van der Waals surface area (Å²) in [6.45, 7) is 8.37. The van der Waals surface area contributed by atoms with Crippen LogP contribution in [0.15, 0.2) is 0 Å². The number of carbonyl (C=O) groups excluding carboxylic acids is 2. The number of amides is 2. The van der Waals surface area contributed by atoms with Crippen molar-refractivity contribution in [2.45, 2.75) is 57.0 Å². The van der Waals surface area contributed by atoms with E-state index < -0.39 is 8.07 Å². The van der Waals surface area contributed by atoms with E-state index >= 15 is 0 Å². The highest BCUT2D eigenvalue weighted by molar-refractivity contribution is 6.76. The number of carbonyl (C=O) groups is 2. The molecule has 3 aliphatic rings. The van der Waals surface area contributed by atoms with Crippen LogP contribution in [0.5, 0.6) is 0 Å². The van der Waals surface area contributed by atoms with Gasteiger partial charge in [-0.3, -0.25) is 4.79 Å². The summed E-state index contributed by atoms with van der Waals surface area (Å²) in [4.78, 5) is 28.6. The van der Waals surface area contributed by atoms with Crippen LogP contribution in [0.3, 0.4) is 0 Å². The molecule has 2 bridgehead atoms. The summed E-state index contributed by atoms with van der Waals surface area (Å²) in [5.74, 6) is 0.493. The van der Waals surface area contributed by atoms with Crippen molar-refractivity contribution >= 4 is 20.1 Å². The van der Waals surface area contributed by atoms with Gasteiger partial charge < -0.3 is 19.6 Å². The molecule has 0 radical (unpaired) electrons. The first-order valence-corrected chi connectivity index (χ1v) is 12.9. The molecule has 2 saturated heterocycles. The number of piperidine rings is 1. The number of hydrogen-bond acceptors (Lipinski definition) is 4. The second kappa shape index (κ2) is 6.67. The summed E-state index contributed by atoms with van der Waals surface area (Å²) in [5.41, 5.74) is 0. The summed E-state index contributed by atoms with van der Waals surface area (Å²) >= 11 is 0. The molecule has 2 aliphatic heterocycles. The Hall–Kier alpha value is -1.08. The third-order valence-electron chi connectivity index (χ3n) is 5.46. The van der Waals surface area contributed by atoms with Crippen LogP contribution in [0.4, 0.5) is 4.79 Å². The molecule has 136 valence electrons. The average Bonchev–Trinajstić information content (AvgIpc) is 3.31. The Morgan fingerprint density at radius 3 is 2.50 bits per heavy atom. The molecule has 0 aromatic rings. The summed E-state index contributed by atoms with van der Waals surface area (Å²) in [5, 5.41) is 9.77. The van der Waals surface area contributed by atoms with Crippen LogP contribution in [-0.4, -0.2) is 73.4 Å². The first kappa shape index (κ1) is 17.7. The Labute approximate surface area is 145 Å². The summed E-state index contributed by atoms with van der Waals surface area (Å²) in [6, 6.07) is 0.867. The number of hydrogen-bond donors (Lipinski definition) is 1. The van der Waals surface area contributed by atoms with E-state index in [1.165, 1.54) is 0 Å². The molecule has 0 unspecified atom stereocenters. The van der Waals surface area contributed by atoms with Gasteiger partial charge in [-0.1, -0.05) is 19.6 Å². The molecule has 1 aliphatic carbocycles. The Balaban J connectivity index is 1.59. The Morgan fingerprint density at radius 2 is 1.92 bits per heavy atom. The van der Waals surface area contributed by atoms with Gasteiger partial charge in [-0.15, -0.1) is 0 Å². The largest absolute Gasteiger partial charge is 0.450 e. The number of aliphatic hydroxyl groups is 1. The predicted molar refractivity (Wildman–Crippen MR) is 93.4 cm³/mol. The summed E-state index contributed by atoms with van der Waals surface area (Å²) in [6.07, 6.45) is 2.56. The molecule has 0 aromatic heterocycles. The van der Waals surface area contributed by atoms with E-state index in [0.29, 0.717) is 19.7 Å². The minimum absolute atomic E-state index is 0.0157. The zero-order valence-corrected chi connectivity index (χ0v) is 16.0. The fraction of sp³-hybridized carbons (Fsp3) is 0.882. The highest BCUT2D eigenvalue weighted by Crippen LogP contribution is 2.40. The lowest BCUT2D eigenvalue weighted by molar-refractivity contribution is -0.136. The Morgan fingerprint density at radius 1 is 1.21 bits per heavy atom. The smallest absolute Gasteiger partial charge is 0.409 e. The van der Waals surface area contributed by atoms with Crippen molar-refractivity contribution in [1.29, 1.82) is 0 Å². The van der Waals surface area contributed by atoms with E-state index in [1.807, 2.05) is 4.90 Å². The van der Waals surface area contributed by atoms with Crippen molar-refractivity contribution in [2.75, 3.05) is 26.3 Å². The number of aliphatic hydroxyl groups excluding tert-OH is 1. The number of fused-ring (bicyclic) bond motifs is 2. The topological polar surface area (TPSA) is 70.1 Å². The van der Waals surface area contributed by atoms with Gasteiger partial charge in [0.05, 0.1) is 25.3 Å². The van der Waals surface area contributed by atoms with Crippen LogP contribution < -0.4 is 0 Å². The van der Waals surface area contributed by atoms with Gasteiger partial charge in [-0.2, -0.15) is 0 Å². The highest BCUT2D eigenvalue weighted by Gasteiger charge is 2.51. The average molecular weight is 355 g/mol. The fourth-order valence-corrected chi connectivity index (χ4v) is 4.61. The van der Waals surface area contributed by atoms with Gasteiger partial charge in [0.2, 0.25) is 5.91 Å². The van der Waals surface area contributed by atoms with Crippen LogP contribution >= 0.6 is 0 Å². The number of nitrogens with zero attached hydrogens (tertiary/aromatic N) is 2. The van der Waals surface area contributed by atoms with Gasteiger partial charge in [0.1, 0.15) is 0 Å². The van der Waals surface area contributed by atoms with E-state index in [-0.39, 0.29) is 42.5 Å². The molecular formula is C17H30N2O4Si. The lowest BCUT2D eigenvalue weighted by Gasteiger charge is -2.32. The molecule has 2 amide bonds. The van der Waals surface area contributed by atoms with Gasteiger partial charge in [0, 0.05) is 33.0 Å². The lowest BCUT2D eigenvalue weighted by atomic mass is 9.95. The third-order valence-corrected chi connectivity index (χ3v) is 7.16. The van der Waals surface area contributed by atoms with Crippen LogP contribution in [0.1, 0.15) is 19.3 Å². The number of likely N-dealkylation sites (tertiary alicyclic amines) is 2. The van der Waals surface area contributed by atoms with Gasteiger partial charge in [-0.25, -0.2) is 4.79 Å². The molecule has 2 heterocycles. The molecular weight excluding hydrogens is 324 g/mol. The van der Waals surface area contributed by atoms with E-state index in [4.69, 9.17) is 4.74 Å². The minimum Gasteiger partial charge on any atom is -0.450 e. The van der Waals surface area contributed by atoms with Crippen molar-refractivity contribution in [3.05, 3.63) is 0 Å². The molecule has 0 aromatic carbocycles. The maximum absolute atomic E-state index is 12.6. The second-order valence-electron chi connectivity index (χ2n) is 8.75. The SMILES string of the molecule is C[Si](C)(C)CCOC(=O)N1C[C@@H]2C[C@H](C1)N(C(=O)C1CC1)[C@H]2CO. The molecule has 7 heteroatoms. The van der Waals surface area contributed by atoms with Crippen molar-refractivity contribution in [2.24, 2.45) is 11.8 Å². The van der Waals surface area contributed by atoms with Crippen LogP contribution in [-0.2, 0) is 9.53 Å². The van der Waals surface area contributed by atoms with Crippen molar-refractivity contribution < 1.29 is 19.4 Å². The van der Waals surface area contributed by atoms with Crippen molar-refractivity contribution in [3.8, 4) is 0 Å². The van der Waals surface area contributed by atoms with Crippen LogP contribution in [0, 0.1) is 11.8 Å².